The molecule has 0 aromatic carbocycles. The number of nitrogens with one attached hydrogen (secondary N) is 1. The van der Waals surface area contributed by atoms with E-state index in [1.807, 2.05) is 0 Å². The number of anilines is 1. The molecule has 0 aliphatic carbocycles. The predicted molar refractivity (Wildman–Crippen MR) is 39.3 cm³/mol. The van der Waals surface area contributed by atoms with Crippen molar-refractivity contribution in [1.82, 2.24) is 4.98 Å². The summed E-state index contributed by atoms with van der Waals surface area (Å²) in [6.45, 7) is 0. The Balaban J connectivity index is 0.000000810. The van der Waals surface area contributed by atoms with Crippen molar-refractivity contribution in [3.63, 3.8) is 0 Å². The standard InChI is InChI=1S/C5H6FN3.ClH/c6-4-1-5(9-7)3-8-2-4;/h1-3,9H,7H2;1H. The maximum absolute atomic E-state index is 12.2. The molecule has 5 heteroatoms. The van der Waals surface area contributed by atoms with Gasteiger partial charge in [0.2, 0.25) is 0 Å². The molecule has 0 aliphatic rings. The molecular weight excluding hydrogens is 157 g/mol. The molecule has 1 aromatic rings. The lowest BCUT2D eigenvalue weighted by Gasteiger charge is -1.95. The number of hydrogen-bond acceptors (Lipinski definition) is 3. The van der Waals surface area contributed by atoms with Crippen LogP contribution in [-0.4, -0.2) is 4.98 Å². The third-order valence-corrected chi connectivity index (χ3v) is 0.872. The molecule has 10 heavy (non-hydrogen) atoms. The first kappa shape index (κ1) is 9.13. The molecule has 0 fully saturated rings. The van der Waals surface area contributed by atoms with E-state index in [9.17, 15) is 4.39 Å². The van der Waals surface area contributed by atoms with E-state index in [2.05, 4.69) is 10.4 Å². The Hall–Kier alpha value is -0.870. The first-order chi connectivity index (χ1) is 4.33. The Morgan fingerprint density at radius 1 is 1.50 bits per heavy atom. The minimum absolute atomic E-state index is 0. The summed E-state index contributed by atoms with van der Waals surface area (Å²) in [6, 6.07) is 1.26. The molecular formula is C5H7ClFN3. The third-order valence-electron chi connectivity index (χ3n) is 0.872. The minimum Gasteiger partial charge on any atom is -0.323 e. The summed E-state index contributed by atoms with van der Waals surface area (Å²) >= 11 is 0. The molecule has 0 spiro atoms. The number of halogens is 2. The lowest BCUT2D eigenvalue weighted by molar-refractivity contribution is 0.622. The van der Waals surface area contributed by atoms with Crippen LogP contribution >= 0.6 is 12.4 Å². The van der Waals surface area contributed by atoms with Gasteiger partial charge < -0.3 is 5.43 Å². The van der Waals surface area contributed by atoms with Crippen molar-refractivity contribution >= 4 is 18.1 Å². The Labute approximate surface area is 63.8 Å². The molecule has 1 heterocycles. The van der Waals surface area contributed by atoms with Crippen LogP contribution in [-0.2, 0) is 0 Å². The SMILES string of the molecule is Cl.NNc1cncc(F)c1. The number of nitrogens with zero attached hydrogens (tertiary/aromatic N) is 1. The van der Waals surface area contributed by atoms with Crippen LogP contribution in [0.5, 0.6) is 0 Å². The first-order valence-corrected chi connectivity index (χ1v) is 2.40. The third kappa shape index (κ3) is 2.16. The second-order valence-corrected chi connectivity index (χ2v) is 1.54. The highest BCUT2D eigenvalue weighted by atomic mass is 35.5. The second kappa shape index (κ2) is 4.03. The van der Waals surface area contributed by atoms with Crippen molar-refractivity contribution < 1.29 is 4.39 Å². The van der Waals surface area contributed by atoms with Gasteiger partial charge in [0.1, 0.15) is 5.82 Å². The lowest BCUT2D eigenvalue weighted by Crippen LogP contribution is -2.06. The quantitative estimate of drug-likeness (QED) is 0.478. The van der Waals surface area contributed by atoms with Gasteiger partial charge in [0.15, 0.2) is 0 Å². The van der Waals surface area contributed by atoms with Gasteiger partial charge in [-0.25, -0.2) is 4.39 Å². The van der Waals surface area contributed by atoms with E-state index in [1.165, 1.54) is 12.3 Å². The number of nitrogen functional groups attached to an aromatic ring is 1. The first-order valence-electron chi connectivity index (χ1n) is 2.40. The van der Waals surface area contributed by atoms with Gasteiger partial charge in [-0.05, 0) is 0 Å². The van der Waals surface area contributed by atoms with E-state index in [0.717, 1.165) is 6.20 Å². The summed E-state index contributed by atoms with van der Waals surface area (Å²) < 4.78 is 12.2. The number of nitrogens with two attached hydrogens (primary N) is 1. The largest absolute Gasteiger partial charge is 0.323 e. The average molecular weight is 164 g/mol. The Morgan fingerprint density at radius 3 is 2.60 bits per heavy atom. The van der Waals surface area contributed by atoms with Gasteiger partial charge in [0.05, 0.1) is 18.1 Å². The summed E-state index contributed by atoms with van der Waals surface area (Å²) in [4.78, 5) is 3.54. The molecule has 0 radical (unpaired) electrons. The molecule has 0 bridgehead atoms. The average Bonchev–Trinajstić information content (AvgIpc) is 1.88. The predicted octanol–water partition coefficient (Wildman–Crippen LogP) is 0.928. The second-order valence-electron chi connectivity index (χ2n) is 1.54. The maximum atomic E-state index is 12.2. The summed E-state index contributed by atoms with van der Waals surface area (Å²) in [6.07, 6.45) is 2.55. The molecule has 0 aliphatic heterocycles. The van der Waals surface area contributed by atoms with Crippen LogP contribution in [0.1, 0.15) is 0 Å². The molecule has 3 nitrogen and oxygen atoms in total. The van der Waals surface area contributed by atoms with Crippen LogP contribution in [0.3, 0.4) is 0 Å². The van der Waals surface area contributed by atoms with Gasteiger partial charge in [-0.3, -0.25) is 10.8 Å². The van der Waals surface area contributed by atoms with E-state index in [-0.39, 0.29) is 12.4 Å². The van der Waals surface area contributed by atoms with Crippen LogP contribution in [0.15, 0.2) is 18.5 Å². The molecule has 3 N–H and O–H groups in total. The van der Waals surface area contributed by atoms with E-state index < -0.39 is 5.82 Å². The molecule has 0 amide bonds. The molecule has 0 saturated carbocycles. The van der Waals surface area contributed by atoms with Gasteiger partial charge in [0.25, 0.3) is 0 Å². The van der Waals surface area contributed by atoms with Gasteiger partial charge in [-0.1, -0.05) is 0 Å². The van der Waals surface area contributed by atoms with E-state index in [0.29, 0.717) is 5.69 Å². The zero-order valence-electron chi connectivity index (χ0n) is 5.04. The van der Waals surface area contributed by atoms with Crippen LogP contribution in [0.4, 0.5) is 10.1 Å². The Morgan fingerprint density at radius 2 is 2.20 bits per heavy atom. The topological polar surface area (TPSA) is 50.9 Å². The number of hydrogen-bond donors (Lipinski definition) is 2. The fraction of sp³-hybridized carbons (Fsp3) is 0. The summed E-state index contributed by atoms with van der Waals surface area (Å²) in [5.74, 6) is 4.56. The highest BCUT2D eigenvalue weighted by molar-refractivity contribution is 5.85. The monoisotopic (exact) mass is 163 g/mol. The number of pyridine rings is 1. The van der Waals surface area contributed by atoms with E-state index in [4.69, 9.17) is 5.84 Å². The zero-order chi connectivity index (χ0) is 6.69. The number of rotatable bonds is 1. The van der Waals surface area contributed by atoms with Crippen molar-refractivity contribution in [3.8, 4) is 0 Å². The zero-order valence-corrected chi connectivity index (χ0v) is 5.86. The van der Waals surface area contributed by atoms with Crippen molar-refractivity contribution in [2.75, 3.05) is 5.43 Å². The van der Waals surface area contributed by atoms with Gasteiger partial charge in [0, 0.05) is 6.07 Å². The maximum Gasteiger partial charge on any atom is 0.143 e. The summed E-state index contributed by atoms with van der Waals surface area (Å²) in [5, 5.41) is 0. The van der Waals surface area contributed by atoms with Crippen LogP contribution in [0, 0.1) is 5.82 Å². The van der Waals surface area contributed by atoms with Crippen molar-refractivity contribution in [1.29, 1.82) is 0 Å². The van der Waals surface area contributed by atoms with Crippen LogP contribution < -0.4 is 11.3 Å². The normalized spacial score (nSPS) is 8.20. The van der Waals surface area contributed by atoms with Gasteiger partial charge in [-0.15, -0.1) is 12.4 Å². The number of aromatic nitrogens is 1. The molecule has 56 valence electrons. The van der Waals surface area contributed by atoms with E-state index in [1.54, 1.807) is 0 Å². The molecule has 0 saturated heterocycles. The van der Waals surface area contributed by atoms with E-state index >= 15 is 0 Å². The Bertz CT molecular complexity index is 206. The number of hydrazine groups is 1. The fourth-order valence-corrected chi connectivity index (χ4v) is 0.491. The molecule has 1 aromatic heterocycles. The van der Waals surface area contributed by atoms with Gasteiger partial charge >= 0.3 is 0 Å². The smallest absolute Gasteiger partial charge is 0.143 e. The summed E-state index contributed by atoms with van der Waals surface area (Å²) in [5.41, 5.74) is 2.73. The highest BCUT2D eigenvalue weighted by Crippen LogP contribution is 2.03. The van der Waals surface area contributed by atoms with Crippen LogP contribution in [0.25, 0.3) is 0 Å². The molecule has 0 unspecified atom stereocenters. The van der Waals surface area contributed by atoms with Crippen molar-refractivity contribution in [2.45, 2.75) is 0 Å². The Kier molecular flexibility index (Phi) is 3.68. The van der Waals surface area contributed by atoms with Crippen molar-refractivity contribution in [2.24, 2.45) is 5.84 Å². The fourth-order valence-electron chi connectivity index (χ4n) is 0.491. The molecule has 1 rings (SSSR count). The highest BCUT2D eigenvalue weighted by Gasteiger charge is 1.89. The summed E-state index contributed by atoms with van der Waals surface area (Å²) in [7, 11) is 0. The van der Waals surface area contributed by atoms with Gasteiger partial charge in [-0.2, -0.15) is 0 Å². The minimum atomic E-state index is -0.398. The van der Waals surface area contributed by atoms with Crippen molar-refractivity contribution in [3.05, 3.63) is 24.3 Å². The molecule has 0 atom stereocenters. The lowest BCUT2D eigenvalue weighted by atomic mass is 10.4. The van der Waals surface area contributed by atoms with Crippen LogP contribution in [0.2, 0.25) is 0 Å².